The van der Waals surface area contributed by atoms with Crippen molar-refractivity contribution in [1.82, 2.24) is 9.88 Å². The smallest absolute Gasteiger partial charge is 0.259 e. The summed E-state index contributed by atoms with van der Waals surface area (Å²) in [5.41, 5.74) is 2.59. The van der Waals surface area contributed by atoms with Gasteiger partial charge in [0.25, 0.3) is 5.56 Å². The minimum absolute atomic E-state index is 0.144. The number of hydrogen-bond acceptors (Lipinski definition) is 2. The number of rotatable bonds is 5. The fourth-order valence-corrected chi connectivity index (χ4v) is 4.20. The molecule has 1 atom stereocenters. The van der Waals surface area contributed by atoms with Crippen LogP contribution >= 0.6 is 0 Å². The van der Waals surface area contributed by atoms with Gasteiger partial charge in [-0.2, -0.15) is 0 Å². The molecule has 1 saturated heterocycles. The number of H-pyrrole nitrogens is 1. The fraction of sp³-hybridized carbons (Fsp3) is 0.348. The number of nitrogens with one attached hydrogen (secondary N) is 1. The number of nitrogens with zero attached hydrogens (tertiary/aromatic N) is 1. The van der Waals surface area contributed by atoms with Crippen molar-refractivity contribution in [2.75, 3.05) is 19.6 Å². The molecule has 0 bridgehead atoms. The van der Waals surface area contributed by atoms with Gasteiger partial charge in [-0.1, -0.05) is 18.2 Å². The molecule has 0 unspecified atom stereocenters. The van der Waals surface area contributed by atoms with Crippen LogP contribution in [0.25, 0.3) is 10.8 Å². The number of fused-ring (bicyclic) bond motifs is 1. The van der Waals surface area contributed by atoms with E-state index in [1.807, 2.05) is 25.1 Å². The Morgan fingerprint density at radius 3 is 2.71 bits per heavy atom. The molecular weight excluding hydrogens is 358 g/mol. The second-order valence-electron chi connectivity index (χ2n) is 7.72. The van der Waals surface area contributed by atoms with Gasteiger partial charge in [0, 0.05) is 12.2 Å². The molecule has 1 fully saturated rings. The van der Waals surface area contributed by atoms with E-state index in [0.29, 0.717) is 11.3 Å². The second kappa shape index (κ2) is 7.84. The van der Waals surface area contributed by atoms with Gasteiger partial charge in [-0.25, -0.2) is 8.78 Å². The predicted molar refractivity (Wildman–Crippen MR) is 108 cm³/mol. The molecule has 5 heteroatoms. The Hall–Kier alpha value is -2.53. The summed E-state index contributed by atoms with van der Waals surface area (Å²) in [4.78, 5) is 17.5. The van der Waals surface area contributed by atoms with E-state index >= 15 is 0 Å². The van der Waals surface area contributed by atoms with E-state index in [1.165, 1.54) is 23.8 Å². The third-order valence-corrected chi connectivity index (χ3v) is 5.77. The Kier molecular flexibility index (Phi) is 5.27. The molecule has 1 aromatic heterocycles. The first-order valence-corrected chi connectivity index (χ1v) is 9.80. The van der Waals surface area contributed by atoms with Crippen LogP contribution < -0.4 is 5.56 Å². The van der Waals surface area contributed by atoms with Gasteiger partial charge in [-0.15, -0.1) is 0 Å². The van der Waals surface area contributed by atoms with Gasteiger partial charge in [0.05, 0.1) is 5.39 Å². The molecule has 28 heavy (non-hydrogen) atoms. The first kappa shape index (κ1) is 18.8. The largest absolute Gasteiger partial charge is 0.326 e. The Labute approximate surface area is 163 Å². The fourth-order valence-electron chi connectivity index (χ4n) is 4.20. The monoisotopic (exact) mass is 382 g/mol. The van der Waals surface area contributed by atoms with Crippen molar-refractivity contribution in [3.8, 4) is 0 Å². The summed E-state index contributed by atoms with van der Waals surface area (Å²) in [7, 11) is 0. The predicted octanol–water partition coefficient (Wildman–Crippen LogP) is 4.54. The van der Waals surface area contributed by atoms with Crippen LogP contribution in [0, 0.1) is 18.6 Å². The maximum absolute atomic E-state index is 14.0. The third kappa shape index (κ3) is 3.85. The Morgan fingerprint density at radius 2 is 1.93 bits per heavy atom. The molecular formula is C23H24F2N2O. The van der Waals surface area contributed by atoms with E-state index in [9.17, 15) is 13.6 Å². The number of likely N-dealkylation sites (tertiary alicyclic amines) is 1. The van der Waals surface area contributed by atoms with E-state index in [1.54, 1.807) is 6.07 Å². The number of aryl methyl sites for hydroxylation is 2. The Balaban J connectivity index is 1.37. The number of benzene rings is 2. The van der Waals surface area contributed by atoms with E-state index < -0.39 is 5.82 Å². The number of pyridine rings is 1. The standard InChI is InChI=1S/C23H24F2N2O/c1-15-4-9-21(25)22-20(15)13-19(26-23(22)28)3-2-11-27-12-10-17(14-27)16-5-7-18(24)8-6-16/h4-9,13,17H,2-3,10-12,14H2,1H3,(H,26,28)/t17-/m1/s1. The molecule has 2 heterocycles. The van der Waals surface area contributed by atoms with Gasteiger partial charge < -0.3 is 9.88 Å². The van der Waals surface area contributed by atoms with E-state index in [4.69, 9.17) is 0 Å². The maximum atomic E-state index is 14.0. The van der Waals surface area contributed by atoms with Crippen LogP contribution in [0.4, 0.5) is 8.78 Å². The zero-order chi connectivity index (χ0) is 19.7. The van der Waals surface area contributed by atoms with Crippen LogP contribution in [0.1, 0.15) is 35.6 Å². The highest BCUT2D eigenvalue weighted by molar-refractivity contribution is 5.85. The summed E-state index contributed by atoms with van der Waals surface area (Å²) in [6.45, 7) is 4.84. The number of aromatic amines is 1. The summed E-state index contributed by atoms with van der Waals surface area (Å²) in [5.74, 6) is -0.220. The molecule has 1 aliphatic heterocycles. The first-order valence-electron chi connectivity index (χ1n) is 9.80. The van der Waals surface area contributed by atoms with Crippen molar-refractivity contribution in [2.45, 2.75) is 32.1 Å². The van der Waals surface area contributed by atoms with Gasteiger partial charge in [0.1, 0.15) is 11.6 Å². The maximum Gasteiger partial charge on any atom is 0.259 e. The van der Waals surface area contributed by atoms with Crippen molar-refractivity contribution in [3.63, 3.8) is 0 Å². The topological polar surface area (TPSA) is 36.1 Å². The van der Waals surface area contributed by atoms with Gasteiger partial charge in [-0.3, -0.25) is 4.79 Å². The van der Waals surface area contributed by atoms with E-state index in [-0.39, 0.29) is 16.8 Å². The van der Waals surface area contributed by atoms with Gasteiger partial charge in [0.2, 0.25) is 0 Å². The third-order valence-electron chi connectivity index (χ3n) is 5.77. The SMILES string of the molecule is Cc1ccc(F)c2c(=O)[nH]c(CCCN3CC[C@@H](c4ccc(F)cc4)C3)cc12. The van der Waals surface area contributed by atoms with Gasteiger partial charge >= 0.3 is 0 Å². The zero-order valence-corrected chi connectivity index (χ0v) is 16.0. The molecule has 0 amide bonds. The van der Waals surface area contributed by atoms with Crippen LogP contribution in [0.3, 0.4) is 0 Å². The zero-order valence-electron chi connectivity index (χ0n) is 16.0. The molecule has 0 radical (unpaired) electrons. The van der Waals surface area contributed by atoms with Crippen LogP contribution in [0.2, 0.25) is 0 Å². The normalized spacial score (nSPS) is 17.5. The van der Waals surface area contributed by atoms with Crippen molar-refractivity contribution < 1.29 is 8.78 Å². The van der Waals surface area contributed by atoms with Crippen molar-refractivity contribution in [3.05, 3.63) is 81.3 Å². The lowest BCUT2D eigenvalue weighted by Gasteiger charge is -2.16. The quantitative estimate of drug-likeness (QED) is 0.703. The lowest BCUT2D eigenvalue weighted by molar-refractivity contribution is 0.329. The lowest BCUT2D eigenvalue weighted by Crippen LogP contribution is -2.22. The number of aromatic nitrogens is 1. The summed E-state index contributed by atoms with van der Waals surface area (Å²) in [5, 5.41) is 0.835. The van der Waals surface area contributed by atoms with Crippen LogP contribution in [0.15, 0.2) is 47.3 Å². The Morgan fingerprint density at radius 1 is 1.14 bits per heavy atom. The molecule has 4 rings (SSSR count). The molecule has 1 N–H and O–H groups in total. The van der Waals surface area contributed by atoms with Gasteiger partial charge in [-0.05, 0) is 86.0 Å². The molecule has 0 spiro atoms. The molecule has 0 saturated carbocycles. The lowest BCUT2D eigenvalue weighted by atomic mass is 9.99. The van der Waals surface area contributed by atoms with E-state index in [2.05, 4.69) is 9.88 Å². The number of halogens is 2. The highest BCUT2D eigenvalue weighted by atomic mass is 19.1. The Bertz CT molecular complexity index is 1040. The minimum atomic E-state index is -0.475. The summed E-state index contributed by atoms with van der Waals surface area (Å²) in [6, 6.07) is 11.8. The second-order valence-corrected chi connectivity index (χ2v) is 7.72. The molecule has 3 aromatic rings. The van der Waals surface area contributed by atoms with E-state index in [0.717, 1.165) is 50.2 Å². The van der Waals surface area contributed by atoms with Crippen molar-refractivity contribution >= 4 is 10.8 Å². The summed E-state index contributed by atoms with van der Waals surface area (Å²) < 4.78 is 27.1. The van der Waals surface area contributed by atoms with Crippen LogP contribution in [-0.2, 0) is 6.42 Å². The summed E-state index contributed by atoms with van der Waals surface area (Å²) >= 11 is 0. The number of hydrogen-bond donors (Lipinski definition) is 1. The molecule has 0 aliphatic carbocycles. The van der Waals surface area contributed by atoms with Crippen LogP contribution in [0.5, 0.6) is 0 Å². The van der Waals surface area contributed by atoms with Gasteiger partial charge in [0.15, 0.2) is 0 Å². The molecule has 1 aliphatic rings. The average molecular weight is 382 g/mol. The highest BCUT2D eigenvalue weighted by Gasteiger charge is 2.23. The van der Waals surface area contributed by atoms with Crippen molar-refractivity contribution in [2.24, 2.45) is 0 Å². The highest BCUT2D eigenvalue weighted by Crippen LogP contribution is 2.27. The summed E-state index contributed by atoms with van der Waals surface area (Å²) in [6.07, 6.45) is 2.75. The molecule has 2 aromatic carbocycles. The van der Waals surface area contributed by atoms with Crippen molar-refractivity contribution in [1.29, 1.82) is 0 Å². The molecule has 146 valence electrons. The minimum Gasteiger partial charge on any atom is -0.326 e. The first-order chi connectivity index (χ1) is 13.5. The molecule has 3 nitrogen and oxygen atoms in total. The average Bonchev–Trinajstić information content (AvgIpc) is 3.14. The van der Waals surface area contributed by atoms with Crippen LogP contribution in [-0.4, -0.2) is 29.5 Å².